The lowest BCUT2D eigenvalue weighted by molar-refractivity contribution is -0.520. The monoisotopic (exact) mass is 379 g/mol. The van der Waals surface area contributed by atoms with E-state index >= 15 is 0 Å². The third-order valence-corrected chi connectivity index (χ3v) is 3.56. The summed E-state index contributed by atoms with van der Waals surface area (Å²) in [7, 11) is 0. The van der Waals surface area contributed by atoms with E-state index < -0.39 is 0 Å². The fourth-order valence-electron chi connectivity index (χ4n) is 2.32. The first-order valence-electron chi connectivity index (χ1n) is 8.36. The lowest BCUT2D eigenvalue weighted by Gasteiger charge is -2.05. The second-order valence-corrected chi connectivity index (χ2v) is 5.74. The van der Waals surface area contributed by atoms with Gasteiger partial charge in [-0.1, -0.05) is 6.07 Å². The molecular weight excluding hydrogens is 358 g/mol. The van der Waals surface area contributed by atoms with Gasteiger partial charge in [-0.05, 0) is 24.3 Å². The van der Waals surface area contributed by atoms with Crippen LogP contribution in [0.2, 0.25) is 0 Å². The molecule has 0 aliphatic heterocycles. The normalized spacial score (nSPS) is 11.2. The second-order valence-electron chi connectivity index (χ2n) is 5.74. The SMILES string of the molecule is NC(N)=NCc1nccc(-c2cccc(-c3ccnc(C[NH+]=C(N)[NH3+])n3)n2)n1. The van der Waals surface area contributed by atoms with Crippen molar-refractivity contribution < 1.29 is 10.7 Å². The van der Waals surface area contributed by atoms with E-state index in [0.717, 1.165) is 0 Å². The average molecular weight is 379 g/mol. The minimum atomic E-state index is -0.0126. The van der Waals surface area contributed by atoms with Crippen LogP contribution >= 0.6 is 0 Å². The number of guanidine groups is 2. The number of hydrogen-bond donors (Lipinski definition) is 5. The number of nitrogens with zero attached hydrogens (tertiary/aromatic N) is 6. The molecule has 0 radical (unpaired) electrons. The molecule has 0 unspecified atom stereocenters. The van der Waals surface area contributed by atoms with E-state index in [-0.39, 0.29) is 12.5 Å². The molecule has 0 bridgehead atoms. The van der Waals surface area contributed by atoms with Crippen LogP contribution in [0.3, 0.4) is 0 Å². The average Bonchev–Trinajstić information content (AvgIpc) is 2.71. The van der Waals surface area contributed by atoms with Gasteiger partial charge in [-0.15, -0.1) is 0 Å². The van der Waals surface area contributed by atoms with E-state index in [4.69, 9.17) is 17.2 Å². The largest absolute Gasteiger partial charge is 0.434 e. The number of nitrogens with one attached hydrogen (secondary N) is 1. The smallest absolute Gasteiger partial charge is 0.370 e. The Morgan fingerprint density at radius 1 is 0.857 bits per heavy atom. The molecule has 0 fully saturated rings. The van der Waals surface area contributed by atoms with Gasteiger partial charge in [-0.2, -0.15) is 0 Å². The van der Waals surface area contributed by atoms with E-state index in [9.17, 15) is 0 Å². The van der Waals surface area contributed by atoms with Crippen LogP contribution in [0.15, 0.2) is 47.7 Å². The molecule has 0 saturated heterocycles. The first-order valence-corrected chi connectivity index (χ1v) is 8.36. The number of aromatic nitrogens is 5. The van der Waals surface area contributed by atoms with E-state index in [1.165, 1.54) is 0 Å². The molecule has 0 atom stereocenters. The van der Waals surface area contributed by atoms with Gasteiger partial charge >= 0.3 is 5.96 Å². The van der Waals surface area contributed by atoms with Crippen LogP contribution in [-0.4, -0.2) is 36.8 Å². The van der Waals surface area contributed by atoms with Crippen molar-refractivity contribution in [3.63, 3.8) is 0 Å². The van der Waals surface area contributed by atoms with Crippen molar-refractivity contribution in [3.05, 3.63) is 54.4 Å². The van der Waals surface area contributed by atoms with Crippen LogP contribution in [0.4, 0.5) is 0 Å². The molecule has 0 aromatic carbocycles. The van der Waals surface area contributed by atoms with Gasteiger partial charge in [0, 0.05) is 12.4 Å². The zero-order valence-electron chi connectivity index (χ0n) is 15.1. The zero-order chi connectivity index (χ0) is 19.9. The lowest BCUT2D eigenvalue weighted by atomic mass is 10.2. The van der Waals surface area contributed by atoms with Crippen LogP contribution in [-0.2, 0) is 13.1 Å². The molecule has 10 N–H and O–H groups in total. The summed E-state index contributed by atoms with van der Waals surface area (Å²) in [6, 6.07) is 9.17. The maximum absolute atomic E-state index is 5.52. The zero-order valence-corrected chi connectivity index (χ0v) is 15.1. The van der Waals surface area contributed by atoms with Gasteiger partial charge in [-0.25, -0.2) is 40.6 Å². The molecule has 3 aromatic rings. The number of pyridine rings is 1. The maximum atomic E-state index is 5.52. The highest BCUT2D eigenvalue weighted by molar-refractivity contribution is 5.75. The van der Waals surface area contributed by atoms with Crippen molar-refractivity contribution >= 4 is 11.9 Å². The molecule has 0 aliphatic carbocycles. The molecule has 142 valence electrons. The topological polar surface area (TPSA) is 196 Å². The van der Waals surface area contributed by atoms with E-state index in [2.05, 4.69) is 40.6 Å². The van der Waals surface area contributed by atoms with Gasteiger partial charge in [0.2, 0.25) is 0 Å². The van der Waals surface area contributed by atoms with Crippen molar-refractivity contribution in [1.82, 2.24) is 24.9 Å². The van der Waals surface area contributed by atoms with Crippen molar-refractivity contribution in [2.45, 2.75) is 13.1 Å². The highest BCUT2D eigenvalue weighted by Gasteiger charge is 2.09. The first kappa shape index (κ1) is 18.8. The van der Waals surface area contributed by atoms with E-state index in [1.807, 2.05) is 18.2 Å². The van der Waals surface area contributed by atoms with Gasteiger partial charge in [0.05, 0.1) is 22.8 Å². The maximum Gasteiger partial charge on any atom is 0.434 e. The Bertz CT molecular complexity index is 942. The quantitative estimate of drug-likeness (QED) is 0.219. The first-order chi connectivity index (χ1) is 13.5. The summed E-state index contributed by atoms with van der Waals surface area (Å²) in [5.74, 6) is 1.42. The predicted octanol–water partition coefficient (Wildman–Crippen LogP) is -3.09. The van der Waals surface area contributed by atoms with Crippen LogP contribution in [0.1, 0.15) is 11.6 Å². The van der Waals surface area contributed by atoms with Crippen LogP contribution in [0.25, 0.3) is 22.8 Å². The molecule has 28 heavy (non-hydrogen) atoms. The molecule has 3 aromatic heterocycles. The van der Waals surface area contributed by atoms with Gasteiger partial charge in [0.15, 0.2) is 17.6 Å². The van der Waals surface area contributed by atoms with Gasteiger partial charge in [-0.3, -0.25) is 5.73 Å². The minimum absolute atomic E-state index is 0.0126. The molecule has 3 heterocycles. The Kier molecular flexibility index (Phi) is 5.77. The van der Waals surface area contributed by atoms with E-state index in [0.29, 0.717) is 46.9 Å². The Labute approximate surface area is 160 Å². The highest BCUT2D eigenvalue weighted by atomic mass is 15.0. The third-order valence-electron chi connectivity index (χ3n) is 3.56. The Hall–Kier alpha value is -3.99. The fourth-order valence-corrected chi connectivity index (χ4v) is 2.32. The molecule has 11 heteroatoms. The van der Waals surface area contributed by atoms with Crippen molar-refractivity contribution in [2.75, 3.05) is 0 Å². The Balaban J connectivity index is 1.89. The number of quaternary nitrogens is 1. The van der Waals surface area contributed by atoms with E-state index in [1.54, 1.807) is 24.5 Å². The lowest BCUT2D eigenvalue weighted by Crippen LogP contribution is -2.87. The summed E-state index contributed by atoms with van der Waals surface area (Å²) in [5, 5.41) is 0. The summed E-state index contributed by atoms with van der Waals surface area (Å²) < 4.78 is 0. The number of hydrogen-bond acceptors (Lipinski definition) is 6. The Morgan fingerprint density at radius 3 is 2.04 bits per heavy atom. The van der Waals surface area contributed by atoms with Crippen molar-refractivity contribution in [3.8, 4) is 22.8 Å². The predicted molar refractivity (Wildman–Crippen MR) is 103 cm³/mol. The van der Waals surface area contributed by atoms with Gasteiger partial charge < -0.3 is 11.5 Å². The summed E-state index contributed by atoms with van der Waals surface area (Å²) in [6.07, 6.45) is 3.31. The summed E-state index contributed by atoms with van der Waals surface area (Å²) in [4.78, 5) is 28.8. The van der Waals surface area contributed by atoms with Crippen LogP contribution in [0.5, 0.6) is 0 Å². The Morgan fingerprint density at radius 2 is 1.43 bits per heavy atom. The molecule has 11 nitrogen and oxygen atoms in total. The van der Waals surface area contributed by atoms with Crippen LogP contribution in [0, 0.1) is 0 Å². The molecule has 0 amide bonds. The third kappa shape index (κ3) is 5.02. The van der Waals surface area contributed by atoms with Crippen LogP contribution < -0.4 is 27.9 Å². The molecule has 3 rings (SSSR count). The van der Waals surface area contributed by atoms with Gasteiger partial charge in [0.25, 0.3) is 0 Å². The summed E-state index contributed by atoms with van der Waals surface area (Å²) in [6.45, 7) is 0.577. The highest BCUT2D eigenvalue weighted by Crippen LogP contribution is 2.20. The molecule has 0 saturated carbocycles. The molecular formula is C17H21N11+2. The van der Waals surface area contributed by atoms with Crippen molar-refractivity contribution in [2.24, 2.45) is 22.2 Å². The second kappa shape index (κ2) is 8.60. The molecule has 0 aliphatic rings. The number of nitrogens with two attached hydrogens (primary N) is 3. The summed E-state index contributed by atoms with van der Waals surface area (Å²) in [5.41, 5.74) is 22.5. The fraction of sp³-hybridized carbons (Fsp3) is 0.118. The standard InChI is InChI=1S/C17H19N11/c18-16(19)24-8-14-22-6-4-12(27-14)10-2-1-3-11(26-10)13-5-7-23-15(28-13)9-25-17(20)21/h1-7H,8-9H2,(H4,18,19,24)(H4,20,21,25)/p+2. The van der Waals surface area contributed by atoms with Crippen molar-refractivity contribution in [1.29, 1.82) is 0 Å². The number of aliphatic imine (C=N–C) groups is 1. The summed E-state index contributed by atoms with van der Waals surface area (Å²) >= 11 is 0. The van der Waals surface area contributed by atoms with Gasteiger partial charge in [0.1, 0.15) is 13.1 Å². The minimum Gasteiger partial charge on any atom is -0.370 e. The number of rotatable bonds is 6. The molecule has 0 spiro atoms.